The normalized spacial score (nSPS) is 34.5. The van der Waals surface area contributed by atoms with E-state index < -0.39 is 36.8 Å². The quantitative estimate of drug-likeness (QED) is 0.498. The maximum Gasteiger partial charge on any atom is 0.224 e. The number of aliphatic hydroxyl groups excluding tert-OH is 4. The molecule has 3 fully saturated rings. The van der Waals surface area contributed by atoms with Gasteiger partial charge in [0.2, 0.25) is 5.79 Å². The van der Waals surface area contributed by atoms with E-state index in [9.17, 15) is 20.4 Å². The van der Waals surface area contributed by atoms with Crippen molar-refractivity contribution in [1.82, 2.24) is 0 Å². The molecule has 1 saturated heterocycles. The van der Waals surface area contributed by atoms with Crippen LogP contribution in [0.25, 0.3) is 0 Å². The Morgan fingerprint density at radius 2 is 1.76 bits per heavy atom. The first-order valence-electron chi connectivity index (χ1n) is 12.1. The van der Waals surface area contributed by atoms with Gasteiger partial charge in [-0.2, -0.15) is 0 Å². The lowest BCUT2D eigenvalue weighted by atomic mass is 9.87. The van der Waals surface area contributed by atoms with Crippen LogP contribution in [0.2, 0.25) is 5.02 Å². The highest BCUT2D eigenvalue weighted by Crippen LogP contribution is 2.61. The number of aliphatic hydroxyl groups is 4. The molecule has 7 heteroatoms. The Balaban J connectivity index is 1.38. The van der Waals surface area contributed by atoms with Gasteiger partial charge >= 0.3 is 0 Å². The van der Waals surface area contributed by atoms with E-state index in [1.807, 2.05) is 0 Å². The molecule has 0 radical (unpaired) electrons. The number of rotatable bonds is 6. The third-order valence-corrected chi connectivity index (χ3v) is 8.58. The van der Waals surface area contributed by atoms with Gasteiger partial charge < -0.3 is 29.9 Å². The van der Waals surface area contributed by atoms with Gasteiger partial charge in [0.25, 0.3) is 0 Å². The van der Waals surface area contributed by atoms with E-state index in [0.717, 1.165) is 11.1 Å². The summed E-state index contributed by atoms with van der Waals surface area (Å²) in [6.45, 7) is -0.537. The van der Waals surface area contributed by atoms with Crippen molar-refractivity contribution < 1.29 is 29.9 Å². The molecule has 3 aliphatic rings. The van der Waals surface area contributed by atoms with Crippen LogP contribution < -0.4 is 0 Å². The van der Waals surface area contributed by atoms with Crippen molar-refractivity contribution in [1.29, 1.82) is 0 Å². The van der Waals surface area contributed by atoms with Crippen LogP contribution in [0.15, 0.2) is 42.5 Å². The van der Waals surface area contributed by atoms with Crippen molar-refractivity contribution in [3.63, 3.8) is 0 Å². The Kier molecular flexibility index (Phi) is 6.53. The molecule has 2 saturated carbocycles. The molecule has 2 aromatic carbocycles. The van der Waals surface area contributed by atoms with E-state index in [0.29, 0.717) is 28.3 Å². The van der Waals surface area contributed by atoms with Crippen LogP contribution in [0, 0.1) is 5.41 Å². The summed E-state index contributed by atoms with van der Waals surface area (Å²) < 4.78 is 11.4. The summed E-state index contributed by atoms with van der Waals surface area (Å²) in [7, 11) is 1.35. The molecular formula is C27H33ClO6. The van der Waals surface area contributed by atoms with Gasteiger partial charge in [0, 0.05) is 17.7 Å². The van der Waals surface area contributed by atoms with Gasteiger partial charge in [-0.05, 0) is 78.7 Å². The van der Waals surface area contributed by atoms with Crippen LogP contribution in [-0.4, -0.2) is 58.6 Å². The monoisotopic (exact) mass is 488 g/mol. The van der Waals surface area contributed by atoms with Gasteiger partial charge in [-0.15, -0.1) is 0 Å². The first kappa shape index (κ1) is 24.2. The average molecular weight is 489 g/mol. The Morgan fingerprint density at radius 3 is 2.38 bits per heavy atom. The van der Waals surface area contributed by atoms with Crippen LogP contribution in [0.4, 0.5) is 0 Å². The van der Waals surface area contributed by atoms with Crippen molar-refractivity contribution >= 4 is 11.6 Å². The molecule has 6 atom stereocenters. The minimum absolute atomic E-state index is 0.448. The van der Waals surface area contributed by atoms with E-state index >= 15 is 0 Å². The van der Waals surface area contributed by atoms with Gasteiger partial charge in [-0.3, -0.25) is 0 Å². The van der Waals surface area contributed by atoms with Crippen molar-refractivity contribution in [2.24, 2.45) is 5.41 Å². The summed E-state index contributed by atoms with van der Waals surface area (Å²) in [5.41, 5.74) is 4.44. The largest absolute Gasteiger partial charge is 0.394 e. The highest BCUT2D eigenvalue weighted by Gasteiger charge is 2.55. The fourth-order valence-corrected chi connectivity index (χ4v) is 6.03. The fourth-order valence-electron chi connectivity index (χ4n) is 5.84. The molecule has 2 unspecified atom stereocenters. The lowest BCUT2D eigenvalue weighted by Gasteiger charge is -2.47. The van der Waals surface area contributed by atoms with Gasteiger partial charge in [0.15, 0.2) is 0 Å². The summed E-state index contributed by atoms with van der Waals surface area (Å²) in [6.07, 6.45) is 1.65. The maximum atomic E-state index is 10.8. The Hall–Kier alpha value is -1.51. The Bertz CT molecular complexity index is 1020. The zero-order chi connectivity index (χ0) is 24.1. The van der Waals surface area contributed by atoms with Gasteiger partial charge in [-0.25, -0.2) is 0 Å². The SMILES string of the molecule is COC1(c2ccc(Cl)c(Cc3ccc(C4CCC5(CC5)C4)cc3)c2)O[C@H](CO)[C@@H](O)[C@H](O)[C@H]1O. The number of halogens is 1. The van der Waals surface area contributed by atoms with Crippen LogP contribution in [0.3, 0.4) is 0 Å². The zero-order valence-electron chi connectivity index (χ0n) is 19.4. The Morgan fingerprint density at radius 1 is 1.03 bits per heavy atom. The number of hydrogen-bond acceptors (Lipinski definition) is 6. The average Bonchev–Trinajstić information content (AvgIpc) is 3.48. The van der Waals surface area contributed by atoms with E-state index in [4.69, 9.17) is 21.1 Å². The zero-order valence-corrected chi connectivity index (χ0v) is 20.1. The third-order valence-electron chi connectivity index (χ3n) is 8.21. The summed E-state index contributed by atoms with van der Waals surface area (Å²) in [5, 5.41) is 41.5. The summed E-state index contributed by atoms with van der Waals surface area (Å²) in [6, 6.07) is 13.9. The molecule has 0 aromatic heterocycles. The highest BCUT2D eigenvalue weighted by molar-refractivity contribution is 6.31. The molecule has 34 heavy (non-hydrogen) atoms. The predicted molar refractivity (Wildman–Crippen MR) is 128 cm³/mol. The lowest BCUT2D eigenvalue weighted by molar-refractivity contribution is -0.366. The summed E-state index contributed by atoms with van der Waals surface area (Å²) >= 11 is 6.52. The number of hydrogen-bond donors (Lipinski definition) is 4. The van der Waals surface area contributed by atoms with Crippen LogP contribution in [-0.2, 0) is 21.7 Å². The molecule has 4 N–H and O–H groups in total. The molecule has 2 aromatic rings. The minimum atomic E-state index is -1.75. The molecule has 0 amide bonds. The molecule has 184 valence electrons. The number of benzene rings is 2. The number of ether oxygens (including phenoxy) is 2. The van der Waals surface area contributed by atoms with Crippen LogP contribution in [0.1, 0.15) is 60.3 Å². The molecule has 2 aliphatic carbocycles. The van der Waals surface area contributed by atoms with E-state index in [1.165, 1.54) is 44.8 Å². The minimum Gasteiger partial charge on any atom is -0.394 e. The van der Waals surface area contributed by atoms with Crippen LogP contribution >= 0.6 is 11.6 Å². The Labute approximate surface area is 205 Å². The molecule has 5 rings (SSSR count). The van der Waals surface area contributed by atoms with Crippen molar-refractivity contribution in [2.45, 2.75) is 74.6 Å². The predicted octanol–water partition coefficient (Wildman–Crippen LogP) is 3.25. The first-order valence-corrected chi connectivity index (χ1v) is 12.4. The molecule has 6 nitrogen and oxygen atoms in total. The standard InChI is InChI=1S/C27H33ClO6/c1-33-27(25(32)24(31)23(30)22(15-29)34-27)20-6-7-21(28)19(13-20)12-16-2-4-17(5-3-16)18-8-9-26(14-18)10-11-26/h2-7,13,18,22-25,29-32H,8-12,14-15H2,1H3/t18?,22-,23-,24+,25-,27?/m1/s1. The third kappa shape index (κ3) is 4.20. The second-order valence-electron chi connectivity index (χ2n) is 10.3. The molecule has 1 aliphatic heterocycles. The second kappa shape index (κ2) is 9.17. The van der Waals surface area contributed by atoms with E-state index in [-0.39, 0.29) is 0 Å². The molecule has 0 bridgehead atoms. The van der Waals surface area contributed by atoms with E-state index in [1.54, 1.807) is 18.2 Å². The molecular weight excluding hydrogens is 456 g/mol. The summed E-state index contributed by atoms with van der Waals surface area (Å²) in [5.74, 6) is -1.09. The van der Waals surface area contributed by atoms with Gasteiger partial charge in [0.1, 0.15) is 24.4 Å². The fraction of sp³-hybridized carbons (Fsp3) is 0.556. The molecule has 1 spiro atoms. The van der Waals surface area contributed by atoms with Crippen molar-refractivity contribution in [3.05, 3.63) is 69.7 Å². The first-order chi connectivity index (χ1) is 16.3. The maximum absolute atomic E-state index is 10.8. The van der Waals surface area contributed by atoms with Gasteiger partial charge in [0.05, 0.1) is 6.61 Å². The van der Waals surface area contributed by atoms with Gasteiger partial charge in [-0.1, -0.05) is 41.9 Å². The topological polar surface area (TPSA) is 99.4 Å². The number of methoxy groups -OCH3 is 1. The second-order valence-corrected chi connectivity index (χ2v) is 10.7. The van der Waals surface area contributed by atoms with Crippen molar-refractivity contribution in [2.75, 3.05) is 13.7 Å². The molecule has 1 heterocycles. The summed E-state index contributed by atoms with van der Waals surface area (Å²) in [4.78, 5) is 0. The van der Waals surface area contributed by atoms with E-state index in [2.05, 4.69) is 24.3 Å². The van der Waals surface area contributed by atoms with Crippen LogP contribution in [0.5, 0.6) is 0 Å². The lowest BCUT2D eigenvalue weighted by Crippen LogP contribution is -2.64. The highest BCUT2D eigenvalue weighted by atomic mass is 35.5. The smallest absolute Gasteiger partial charge is 0.224 e. The van der Waals surface area contributed by atoms with Crippen molar-refractivity contribution in [3.8, 4) is 0 Å².